The lowest BCUT2D eigenvalue weighted by Gasteiger charge is -2.32. The highest BCUT2D eigenvalue weighted by Crippen LogP contribution is 2.04. The predicted molar refractivity (Wildman–Crippen MR) is 39.0 cm³/mol. The normalized spacial score (nSPS) is 27.2. The Morgan fingerprint density at radius 1 is 1.33 bits per heavy atom. The van der Waals surface area contributed by atoms with Crippen molar-refractivity contribution in [3.63, 3.8) is 0 Å². The monoisotopic (exact) mass is 126 g/mol. The Morgan fingerprint density at radius 3 is 2.44 bits per heavy atom. The number of hydrogen-bond acceptors (Lipinski definition) is 2. The summed E-state index contributed by atoms with van der Waals surface area (Å²) in [5.74, 6) is 0. The quantitative estimate of drug-likeness (QED) is 0.472. The van der Waals surface area contributed by atoms with Gasteiger partial charge in [0.05, 0.1) is 0 Å². The van der Waals surface area contributed by atoms with Gasteiger partial charge in [-0.2, -0.15) is 0 Å². The van der Waals surface area contributed by atoms with E-state index in [2.05, 4.69) is 43.2 Å². The summed E-state index contributed by atoms with van der Waals surface area (Å²) in [4.78, 5) is 4.42. The van der Waals surface area contributed by atoms with E-state index in [4.69, 9.17) is 0 Å². The molecule has 0 fully saturated rings. The molecule has 0 saturated carbocycles. The van der Waals surface area contributed by atoms with E-state index in [9.17, 15) is 0 Å². The number of hydrogen-bond donors (Lipinski definition) is 0. The Hall–Kier alpha value is -0.660. The Bertz CT molecular complexity index is 120. The van der Waals surface area contributed by atoms with Crippen LogP contribution in [-0.2, 0) is 0 Å². The van der Waals surface area contributed by atoms with Gasteiger partial charge in [0.15, 0.2) is 0 Å². The first-order valence-corrected chi connectivity index (χ1v) is 3.30. The van der Waals surface area contributed by atoms with Crippen molar-refractivity contribution in [1.29, 1.82) is 0 Å². The molecular weight excluding hydrogens is 112 g/mol. The zero-order valence-electron chi connectivity index (χ0n) is 6.33. The molecule has 9 heavy (non-hydrogen) atoms. The minimum atomic E-state index is 0.653. The van der Waals surface area contributed by atoms with E-state index in [0.29, 0.717) is 6.04 Å². The van der Waals surface area contributed by atoms with E-state index < -0.39 is 0 Å². The summed E-state index contributed by atoms with van der Waals surface area (Å²) in [6.07, 6.45) is 4.20. The van der Waals surface area contributed by atoms with Gasteiger partial charge in [-0.05, 0) is 6.92 Å². The molecule has 0 saturated heterocycles. The van der Waals surface area contributed by atoms with Gasteiger partial charge in [0.2, 0.25) is 0 Å². The lowest BCUT2D eigenvalue weighted by Crippen LogP contribution is -2.37. The fraction of sp³-hybridized carbons (Fsp3) is 0.714. The third kappa shape index (κ3) is 1.37. The fourth-order valence-corrected chi connectivity index (χ4v) is 0.972. The van der Waals surface area contributed by atoms with Crippen molar-refractivity contribution in [3.8, 4) is 0 Å². The van der Waals surface area contributed by atoms with Crippen molar-refractivity contribution in [3.05, 3.63) is 12.4 Å². The van der Waals surface area contributed by atoms with E-state index in [0.717, 1.165) is 6.54 Å². The minimum Gasteiger partial charge on any atom is -0.377 e. The molecule has 52 valence electrons. The van der Waals surface area contributed by atoms with Crippen LogP contribution in [0.4, 0.5) is 0 Å². The van der Waals surface area contributed by atoms with Gasteiger partial charge < -0.3 is 9.80 Å². The van der Waals surface area contributed by atoms with Crippen LogP contribution in [-0.4, -0.2) is 36.5 Å². The molecule has 1 unspecified atom stereocenters. The van der Waals surface area contributed by atoms with Crippen molar-refractivity contribution in [2.24, 2.45) is 0 Å². The van der Waals surface area contributed by atoms with Crippen LogP contribution in [0.15, 0.2) is 12.4 Å². The Kier molecular flexibility index (Phi) is 1.65. The molecule has 1 heterocycles. The van der Waals surface area contributed by atoms with E-state index in [-0.39, 0.29) is 0 Å². The second-order valence-electron chi connectivity index (χ2n) is 2.75. The maximum absolute atomic E-state index is 2.22. The molecule has 0 aromatic rings. The lowest BCUT2D eigenvalue weighted by molar-refractivity contribution is 0.249. The largest absolute Gasteiger partial charge is 0.377 e. The van der Waals surface area contributed by atoms with Gasteiger partial charge in [0.25, 0.3) is 0 Å². The molecular formula is C7H14N2. The summed E-state index contributed by atoms with van der Waals surface area (Å²) in [5.41, 5.74) is 0. The molecule has 0 aromatic carbocycles. The van der Waals surface area contributed by atoms with Crippen molar-refractivity contribution in [2.75, 3.05) is 20.6 Å². The molecule has 0 radical (unpaired) electrons. The van der Waals surface area contributed by atoms with E-state index in [1.54, 1.807) is 0 Å². The van der Waals surface area contributed by atoms with E-state index >= 15 is 0 Å². The molecule has 0 aliphatic carbocycles. The topological polar surface area (TPSA) is 6.48 Å². The van der Waals surface area contributed by atoms with Gasteiger partial charge in [0.1, 0.15) is 0 Å². The Labute approximate surface area is 56.8 Å². The van der Waals surface area contributed by atoms with Crippen LogP contribution >= 0.6 is 0 Å². The first kappa shape index (κ1) is 6.46. The van der Waals surface area contributed by atoms with Crippen molar-refractivity contribution in [2.45, 2.75) is 13.0 Å². The smallest absolute Gasteiger partial charge is 0.0428 e. The van der Waals surface area contributed by atoms with Crippen LogP contribution in [0.25, 0.3) is 0 Å². The molecule has 0 aromatic heterocycles. The highest BCUT2D eigenvalue weighted by molar-refractivity contribution is 4.89. The van der Waals surface area contributed by atoms with Gasteiger partial charge in [-0.3, -0.25) is 0 Å². The third-order valence-electron chi connectivity index (χ3n) is 1.80. The molecule has 2 nitrogen and oxygen atoms in total. The highest BCUT2D eigenvalue weighted by atomic mass is 15.2. The molecule has 0 amide bonds. The highest BCUT2D eigenvalue weighted by Gasteiger charge is 2.10. The molecule has 0 N–H and O–H groups in total. The van der Waals surface area contributed by atoms with Crippen LogP contribution in [0.5, 0.6) is 0 Å². The average Bonchev–Trinajstić information content (AvgIpc) is 1.80. The minimum absolute atomic E-state index is 0.653. The summed E-state index contributed by atoms with van der Waals surface area (Å²) in [7, 11) is 4.20. The van der Waals surface area contributed by atoms with E-state index in [1.807, 2.05) is 0 Å². The zero-order valence-corrected chi connectivity index (χ0v) is 6.33. The van der Waals surface area contributed by atoms with Gasteiger partial charge in [-0.25, -0.2) is 0 Å². The summed E-state index contributed by atoms with van der Waals surface area (Å²) >= 11 is 0. The maximum Gasteiger partial charge on any atom is 0.0428 e. The summed E-state index contributed by atoms with van der Waals surface area (Å²) in [5, 5.41) is 0. The van der Waals surface area contributed by atoms with Crippen LogP contribution in [0.3, 0.4) is 0 Å². The van der Waals surface area contributed by atoms with Crippen molar-refractivity contribution >= 4 is 0 Å². The standard InChI is InChI=1S/C7H14N2/c1-7-6-8(2)4-5-9(7)3/h4-5,7H,6H2,1-3H3. The van der Waals surface area contributed by atoms with Gasteiger partial charge >= 0.3 is 0 Å². The first-order valence-electron chi connectivity index (χ1n) is 3.30. The second-order valence-corrected chi connectivity index (χ2v) is 2.75. The molecule has 1 aliphatic rings. The molecule has 2 heteroatoms. The predicted octanol–water partition coefficient (Wildman–Crippen LogP) is 0.723. The summed E-state index contributed by atoms with van der Waals surface area (Å²) in [6.45, 7) is 3.35. The Balaban J connectivity index is 2.54. The average molecular weight is 126 g/mol. The van der Waals surface area contributed by atoms with Crippen LogP contribution in [0.2, 0.25) is 0 Å². The van der Waals surface area contributed by atoms with Gasteiger partial charge in [0, 0.05) is 39.1 Å². The number of nitrogens with zero attached hydrogens (tertiary/aromatic N) is 2. The summed E-state index contributed by atoms with van der Waals surface area (Å²) < 4.78 is 0. The third-order valence-corrected chi connectivity index (χ3v) is 1.80. The van der Waals surface area contributed by atoms with Crippen LogP contribution < -0.4 is 0 Å². The van der Waals surface area contributed by atoms with Gasteiger partial charge in [-0.15, -0.1) is 0 Å². The lowest BCUT2D eigenvalue weighted by atomic mass is 10.2. The molecule has 0 bridgehead atoms. The molecule has 1 atom stereocenters. The van der Waals surface area contributed by atoms with E-state index in [1.165, 1.54) is 0 Å². The maximum atomic E-state index is 2.22. The Morgan fingerprint density at radius 2 is 2.00 bits per heavy atom. The van der Waals surface area contributed by atoms with Crippen molar-refractivity contribution in [1.82, 2.24) is 9.80 Å². The molecule has 1 rings (SSSR count). The van der Waals surface area contributed by atoms with Crippen LogP contribution in [0.1, 0.15) is 6.92 Å². The first-order chi connectivity index (χ1) is 4.20. The van der Waals surface area contributed by atoms with Crippen molar-refractivity contribution < 1.29 is 0 Å². The molecule has 0 spiro atoms. The fourth-order valence-electron chi connectivity index (χ4n) is 0.972. The summed E-state index contributed by atoms with van der Waals surface area (Å²) in [6, 6.07) is 0.653. The SMILES string of the molecule is CC1CN(C)C=CN1C. The molecule has 1 aliphatic heterocycles. The van der Waals surface area contributed by atoms with Gasteiger partial charge in [-0.1, -0.05) is 0 Å². The second kappa shape index (κ2) is 2.29. The number of likely N-dealkylation sites (N-methyl/N-ethyl adjacent to an activating group) is 2. The number of rotatable bonds is 0. The van der Waals surface area contributed by atoms with Crippen LogP contribution in [0, 0.1) is 0 Å². The zero-order chi connectivity index (χ0) is 6.85.